The highest BCUT2D eigenvalue weighted by molar-refractivity contribution is 6.35. The molecule has 0 radical (unpaired) electrons. The number of rotatable bonds is 5. The van der Waals surface area contributed by atoms with Crippen molar-refractivity contribution in [3.05, 3.63) is 63.1 Å². The molecular formula is C15H15Cl2NO2. The van der Waals surface area contributed by atoms with Gasteiger partial charge < -0.3 is 15.6 Å². The first-order valence-electron chi connectivity index (χ1n) is 6.13. The summed E-state index contributed by atoms with van der Waals surface area (Å²) >= 11 is 12.1. The van der Waals surface area contributed by atoms with Gasteiger partial charge in [-0.1, -0.05) is 47.5 Å². The standard InChI is InChI=1S/C15H15Cl2NO2/c16-13-5-12(7-18)15(14(17)6-13)20-9-11-3-1-10(8-19)2-4-11/h1-6,19H,7-9,18H2. The quantitative estimate of drug-likeness (QED) is 0.888. The largest absolute Gasteiger partial charge is 0.487 e. The van der Waals surface area contributed by atoms with Crippen LogP contribution < -0.4 is 10.5 Å². The summed E-state index contributed by atoms with van der Waals surface area (Å²) in [6.45, 7) is 0.709. The maximum atomic E-state index is 8.99. The smallest absolute Gasteiger partial charge is 0.142 e. The van der Waals surface area contributed by atoms with Gasteiger partial charge in [-0.3, -0.25) is 0 Å². The van der Waals surface area contributed by atoms with Crippen molar-refractivity contribution in [3.63, 3.8) is 0 Å². The molecule has 0 unspecified atom stereocenters. The van der Waals surface area contributed by atoms with Crippen LogP contribution in [0.15, 0.2) is 36.4 Å². The minimum atomic E-state index is 0.0292. The highest BCUT2D eigenvalue weighted by atomic mass is 35.5. The van der Waals surface area contributed by atoms with Crippen molar-refractivity contribution < 1.29 is 9.84 Å². The molecule has 2 aromatic rings. The van der Waals surface area contributed by atoms with Crippen molar-refractivity contribution in [2.45, 2.75) is 19.8 Å². The summed E-state index contributed by atoms with van der Waals surface area (Å²) in [4.78, 5) is 0. The lowest BCUT2D eigenvalue weighted by molar-refractivity contribution is 0.281. The highest BCUT2D eigenvalue weighted by Crippen LogP contribution is 2.32. The summed E-state index contributed by atoms with van der Waals surface area (Å²) in [5, 5.41) is 9.98. The van der Waals surface area contributed by atoms with Crippen LogP contribution >= 0.6 is 23.2 Å². The van der Waals surface area contributed by atoms with E-state index >= 15 is 0 Å². The molecule has 0 fully saturated rings. The number of nitrogens with two attached hydrogens (primary N) is 1. The van der Waals surface area contributed by atoms with Gasteiger partial charge in [-0.05, 0) is 23.3 Å². The van der Waals surface area contributed by atoms with Crippen LogP contribution in [0.25, 0.3) is 0 Å². The number of hydrogen-bond donors (Lipinski definition) is 2. The summed E-state index contributed by atoms with van der Waals surface area (Å²) in [5.41, 5.74) is 8.29. The zero-order valence-electron chi connectivity index (χ0n) is 10.8. The summed E-state index contributed by atoms with van der Waals surface area (Å²) in [6, 6.07) is 10.9. The van der Waals surface area contributed by atoms with E-state index in [1.807, 2.05) is 24.3 Å². The van der Waals surface area contributed by atoms with Crippen molar-refractivity contribution in [3.8, 4) is 5.75 Å². The Morgan fingerprint density at radius 2 is 1.70 bits per heavy atom. The van der Waals surface area contributed by atoms with Gasteiger partial charge in [0.25, 0.3) is 0 Å². The normalized spacial score (nSPS) is 10.6. The number of aliphatic hydroxyl groups excluding tert-OH is 1. The summed E-state index contributed by atoms with van der Waals surface area (Å²) < 4.78 is 5.74. The van der Waals surface area contributed by atoms with Crippen molar-refractivity contribution >= 4 is 23.2 Å². The molecule has 3 N–H and O–H groups in total. The molecule has 0 aliphatic rings. The predicted octanol–water partition coefficient (Wildman–Crippen LogP) is 3.52. The zero-order chi connectivity index (χ0) is 14.5. The zero-order valence-corrected chi connectivity index (χ0v) is 12.3. The number of ether oxygens (including phenoxy) is 1. The van der Waals surface area contributed by atoms with Crippen LogP contribution in [0.4, 0.5) is 0 Å². The Bertz CT molecular complexity index is 585. The molecule has 0 aromatic heterocycles. The Hall–Kier alpha value is -1.26. The number of aliphatic hydroxyl groups is 1. The van der Waals surface area contributed by atoms with Gasteiger partial charge in [-0.2, -0.15) is 0 Å². The Morgan fingerprint density at radius 1 is 1.05 bits per heavy atom. The van der Waals surface area contributed by atoms with E-state index in [2.05, 4.69) is 0 Å². The predicted molar refractivity (Wildman–Crippen MR) is 81.1 cm³/mol. The first kappa shape index (κ1) is 15.1. The first-order valence-corrected chi connectivity index (χ1v) is 6.89. The Balaban J connectivity index is 2.13. The van der Waals surface area contributed by atoms with Crippen LogP contribution in [-0.4, -0.2) is 5.11 Å². The van der Waals surface area contributed by atoms with E-state index in [9.17, 15) is 0 Å². The molecule has 0 spiro atoms. The van der Waals surface area contributed by atoms with E-state index in [4.69, 9.17) is 38.8 Å². The second kappa shape index (κ2) is 6.95. The first-order chi connectivity index (χ1) is 9.63. The van der Waals surface area contributed by atoms with Crippen molar-refractivity contribution in [1.82, 2.24) is 0 Å². The number of hydrogen-bond acceptors (Lipinski definition) is 3. The van der Waals surface area contributed by atoms with E-state index in [0.29, 0.717) is 28.9 Å². The summed E-state index contributed by atoms with van der Waals surface area (Å²) in [6.07, 6.45) is 0. The van der Waals surface area contributed by atoms with Gasteiger partial charge in [0.15, 0.2) is 0 Å². The van der Waals surface area contributed by atoms with Gasteiger partial charge >= 0.3 is 0 Å². The van der Waals surface area contributed by atoms with Gasteiger partial charge in [0.2, 0.25) is 0 Å². The maximum absolute atomic E-state index is 8.99. The fourth-order valence-corrected chi connectivity index (χ4v) is 2.41. The van der Waals surface area contributed by atoms with Crippen molar-refractivity contribution in [1.29, 1.82) is 0 Å². The molecule has 2 aromatic carbocycles. The van der Waals surface area contributed by atoms with E-state index in [0.717, 1.165) is 16.7 Å². The van der Waals surface area contributed by atoms with Crippen molar-refractivity contribution in [2.75, 3.05) is 0 Å². The topological polar surface area (TPSA) is 55.5 Å². The molecule has 0 aliphatic carbocycles. The van der Waals surface area contributed by atoms with Crippen LogP contribution in [0.3, 0.4) is 0 Å². The molecule has 0 saturated carbocycles. The van der Waals surface area contributed by atoms with Crippen LogP contribution in [0.5, 0.6) is 5.75 Å². The molecule has 0 atom stereocenters. The van der Waals surface area contributed by atoms with Gasteiger partial charge in [0, 0.05) is 17.1 Å². The lowest BCUT2D eigenvalue weighted by Crippen LogP contribution is -2.03. The summed E-state index contributed by atoms with van der Waals surface area (Å²) in [5.74, 6) is 0.560. The third-order valence-electron chi connectivity index (χ3n) is 2.89. The van der Waals surface area contributed by atoms with Crippen LogP contribution in [-0.2, 0) is 19.8 Å². The minimum Gasteiger partial charge on any atom is -0.487 e. The molecule has 0 saturated heterocycles. The molecule has 2 rings (SSSR count). The van der Waals surface area contributed by atoms with Gasteiger partial charge in [-0.25, -0.2) is 0 Å². The lowest BCUT2D eigenvalue weighted by Gasteiger charge is -2.13. The van der Waals surface area contributed by atoms with E-state index in [1.165, 1.54) is 0 Å². The molecule has 0 bridgehead atoms. The van der Waals surface area contributed by atoms with Gasteiger partial charge in [-0.15, -0.1) is 0 Å². The van der Waals surface area contributed by atoms with Crippen molar-refractivity contribution in [2.24, 2.45) is 5.73 Å². The third-order valence-corrected chi connectivity index (χ3v) is 3.39. The Labute approximate surface area is 127 Å². The SMILES string of the molecule is NCc1cc(Cl)cc(Cl)c1OCc1ccc(CO)cc1. The molecular weight excluding hydrogens is 297 g/mol. The average Bonchev–Trinajstić information content (AvgIpc) is 2.46. The highest BCUT2D eigenvalue weighted by Gasteiger charge is 2.10. The van der Waals surface area contributed by atoms with Crippen LogP contribution in [0, 0.1) is 0 Å². The molecule has 20 heavy (non-hydrogen) atoms. The van der Waals surface area contributed by atoms with E-state index in [1.54, 1.807) is 12.1 Å². The molecule has 0 aliphatic heterocycles. The molecule has 5 heteroatoms. The second-order valence-corrected chi connectivity index (χ2v) is 5.19. The fourth-order valence-electron chi connectivity index (χ4n) is 1.82. The molecule has 106 valence electrons. The third kappa shape index (κ3) is 3.64. The average molecular weight is 312 g/mol. The molecule has 0 heterocycles. The Kier molecular flexibility index (Phi) is 5.26. The molecule has 3 nitrogen and oxygen atoms in total. The van der Waals surface area contributed by atoms with Gasteiger partial charge in [0.1, 0.15) is 12.4 Å². The van der Waals surface area contributed by atoms with Crippen LogP contribution in [0.1, 0.15) is 16.7 Å². The fraction of sp³-hybridized carbons (Fsp3) is 0.200. The van der Waals surface area contributed by atoms with E-state index in [-0.39, 0.29) is 6.61 Å². The van der Waals surface area contributed by atoms with E-state index < -0.39 is 0 Å². The maximum Gasteiger partial charge on any atom is 0.142 e. The summed E-state index contributed by atoms with van der Waals surface area (Å²) in [7, 11) is 0. The number of halogens is 2. The minimum absolute atomic E-state index is 0.0292. The second-order valence-electron chi connectivity index (χ2n) is 4.34. The number of benzene rings is 2. The monoisotopic (exact) mass is 311 g/mol. The lowest BCUT2D eigenvalue weighted by atomic mass is 10.1. The van der Waals surface area contributed by atoms with Gasteiger partial charge in [0.05, 0.1) is 11.6 Å². The van der Waals surface area contributed by atoms with Crippen LogP contribution in [0.2, 0.25) is 10.0 Å². The Morgan fingerprint density at radius 3 is 2.30 bits per heavy atom. The molecule has 0 amide bonds.